The third kappa shape index (κ3) is 4.21. The lowest BCUT2D eigenvalue weighted by molar-refractivity contribution is 0.854. The summed E-state index contributed by atoms with van der Waals surface area (Å²) in [7, 11) is 0. The molecule has 5 heteroatoms. The fourth-order valence-corrected chi connectivity index (χ4v) is 2.61. The third-order valence-electron chi connectivity index (χ3n) is 2.87. The molecule has 0 radical (unpaired) electrons. The number of thioether (sulfide) groups is 1. The van der Waals surface area contributed by atoms with Crippen LogP contribution in [0.25, 0.3) is 0 Å². The topological polar surface area (TPSA) is 63.8 Å². The van der Waals surface area contributed by atoms with Crippen molar-refractivity contribution in [1.82, 2.24) is 9.97 Å². The number of nitrogen functional groups attached to an aromatic ring is 1. The Morgan fingerprint density at radius 1 is 1.20 bits per heavy atom. The Bertz CT molecular complexity index is 554. The van der Waals surface area contributed by atoms with Crippen molar-refractivity contribution in [2.75, 3.05) is 5.43 Å². The molecule has 0 aliphatic heterocycles. The molecule has 0 aliphatic carbocycles. The summed E-state index contributed by atoms with van der Waals surface area (Å²) in [5.74, 6) is 7.70. The predicted molar refractivity (Wildman–Crippen MR) is 84.6 cm³/mol. The first-order valence-corrected chi connectivity index (χ1v) is 7.72. The van der Waals surface area contributed by atoms with Gasteiger partial charge in [-0.2, -0.15) is 0 Å². The number of aromatic nitrogens is 2. The quantitative estimate of drug-likeness (QED) is 0.485. The van der Waals surface area contributed by atoms with Crippen LogP contribution < -0.4 is 11.3 Å². The lowest BCUT2D eigenvalue weighted by Crippen LogP contribution is -2.11. The second-order valence-corrected chi connectivity index (χ2v) is 5.71. The summed E-state index contributed by atoms with van der Waals surface area (Å²) in [5, 5.41) is 0. The van der Waals surface area contributed by atoms with Crippen molar-refractivity contribution >= 4 is 17.6 Å². The molecule has 0 bridgehead atoms. The van der Waals surface area contributed by atoms with Crippen molar-refractivity contribution in [3.05, 3.63) is 47.4 Å². The van der Waals surface area contributed by atoms with E-state index in [-0.39, 0.29) is 0 Å². The van der Waals surface area contributed by atoms with Crippen LogP contribution in [-0.2, 0) is 12.2 Å². The first kappa shape index (κ1) is 14.8. The van der Waals surface area contributed by atoms with Crippen LogP contribution in [0.2, 0.25) is 0 Å². The molecule has 0 amide bonds. The summed E-state index contributed by atoms with van der Waals surface area (Å²) >= 11 is 1.73. The molecule has 0 atom stereocenters. The smallest absolute Gasteiger partial charge is 0.143 e. The second kappa shape index (κ2) is 7.26. The number of benzene rings is 1. The van der Waals surface area contributed by atoms with Gasteiger partial charge in [-0.05, 0) is 25.5 Å². The van der Waals surface area contributed by atoms with Gasteiger partial charge in [0.15, 0.2) is 0 Å². The molecule has 1 heterocycles. The van der Waals surface area contributed by atoms with Gasteiger partial charge >= 0.3 is 0 Å². The Labute approximate surface area is 124 Å². The van der Waals surface area contributed by atoms with E-state index in [1.807, 2.05) is 6.07 Å². The van der Waals surface area contributed by atoms with Crippen LogP contribution in [0, 0.1) is 6.92 Å². The maximum absolute atomic E-state index is 5.46. The molecule has 0 unspecified atom stereocenters. The molecule has 106 valence electrons. The normalized spacial score (nSPS) is 10.6. The Hall–Kier alpha value is -1.59. The highest BCUT2D eigenvalue weighted by atomic mass is 32.2. The zero-order chi connectivity index (χ0) is 14.4. The van der Waals surface area contributed by atoms with Gasteiger partial charge in [0.1, 0.15) is 11.6 Å². The van der Waals surface area contributed by atoms with Crippen molar-refractivity contribution in [2.45, 2.75) is 37.3 Å². The van der Waals surface area contributed by atoms with E-state index in [0.717, 1.165) is 30.1 Å². The van der Waals surface area contributed by atoms with Crippen molar-refractivity contribution in [2.24, 2.45) is 5.84 Å². The predicted octanol–water partition coefficient (Wildman–Crippen LogP) is 3.32. The molecule has 2 rings (SSSR count). The van der Waals surface area contributed by atoms with Gasteiger partial charge in [0.05, 0.1) is 5.75 Å². The molecule has 1 aromatic carbocycles. The minimum atomic E-state index is 0.683. The average molecular weight is 288 g/mol. The minimum Gasteiger partial charge on any atom is -0.308 e. The van der Waals surface area contributed by atoms with Gasteiger partial charge in [0.2, 0.25) is 0 Å². The number of nitrogens with one attached hydrogen (secondary N) is 1. The van der Waals surface area contributed by atoms with Crippen molar-refractivity contribution in [3.8, 4) is 0 Å². The van der Waals surface area contributed by atoms with Crippen LogP contribution in [0.5, 0.6) is 0 Å². The molecular weight excluding hydrogens is 268 g/mol. The Balaban J connectivity index is 2.07. The van der Waals surface area contributed by atoms with E-state index in [4.69, 9.17) is 5.84 Å². The fourth-order valence-electron chi connectivity index (χ4n) is 1.86. The van der Waals surface area contributed by atoms with Gasteiger partial charge < -0.3 is 5.43 Å². The molecule has 0 aliphatic rings. The number of nitrogens with zero attached hydrogens (tertiary/aromatic N) is 2. The number of hydrazine groups is 1. The lowest BCUT2D eigenvalue weighted by atomic mass is 10.2. The van der Waals surface area contributed by atoms with Crippen molar-refractivity contribution in [3.63, 3.8) is 0 Å². The van der Waals surface area contributed by atoms with E-state index in [0.29, 0.717) is 5.82 Å². The Morgan fingerprint density at radius 3 is 2.60 bits per heavy atom. The van der Waals surface area contributed by atoms with Crippen LogP contribution in [0.15, 0.2) is 35.2 Å². The average Bonchev–Trinajstić information content (AvgIpc) is 2.47. The monoisotopic (exact) mass is 288 g/mol. The lowest BCUT2D eigenvalue weighted by Gasteiger charge is -2.07. The number of anilines is 1. The Kier molecular flexibility index (Phi) is 5.38. The molecule has 4 nitrogen and oxygen atoms in total. The summed E-state index contributed by atoms with van der Waals surface area (Å²) in [6, 6.07) is 10.4. The van der Waals surface area contributed by atoms with Crippen molar-refractivity contribution < 1.29 is 0 Å². The molecule has 1 aromatic heterocycles. The highest BCUT2D eigenvalue weighted by Gasteiger charge is 2.05. The number of hydrogen-bond acceptors (Lipinski definition) is 5. The van der Waals surface area contributed by atoms with E-state index in [2.05, 4.69) is 53.5 Å². The van der Waals surface area contributed by atoms with Crippen LogP contribution in [0.4, 0.5) is 5.82 Å². The van der Waals surface area contributed by atoms with Gasteiger partial charge in [0, 0.05) is 16.7 Å². The van der Waals surface area contributed by atoms with Crippen molar-refractivity contribution in [1.29, 1.82) is 0 Å². The highest BCUT2D eigenvalue weighted by Crippen LogP contribution is 2.22. The van der Waals surface area contributed by atoms with E-state index < -0.39 is 0 Å². The van der Waals surface area contributed by atoms with Crippen LogP contribution in [0.3, 0.4) is 0 Å². The summed E-state index contributed by atoms with van der Waals surface area (Å²) in [6.07, 6.45) is 2.00. The summed E-state index contributed by atoms with van der Waals surface area (Å²) in [4.78, 5) is 10.2. The molecule has 20 heavy (non-hydrogen) atoms. The van der Waals surface area contributed by atoms with E-state index in [9.17, 15) is 0 Å². The number of rotatable bonds is 6. The zero-order valence-electron chi connectivity index (χ0n) is 11.9. The van der Waals surface area contributed by atoms with Gasteiger partial charge in [0.25, 0.3) is 0 Å². The van der Waals surface area contributed by atoms with Crippen LogP contribution in [-0.4, -0.2) is 9.97 Å². The van der Waals surface area contributed by atoms with Gasteiger partial charge in [-0.15, -0.1) is 11.8 Å². The first-order valence-electron chi connectivity index (χ1n) is 6.74. The largest absolute Gasteiger partial charge is 0.308 e. The first-order chi connectivity index (χ1) is 9.71. The minimum absolute atomic E-state index is 0.683. The highest BCUT2D eigenvalue weighted by molar-refractivity contribution is 7.98. The molecule has 0 fully saturated rings. The second-order valence-electron chi connectivity index (χ2n) is 4.66. The van der Waals surface area contributed by atoms with Crippen LogP contribution in [0.1, 0.15) is 30.4 Å². The van der Waals surface area contributed by atoms with E-state index in [1.54, 1.807) is 11.8 Å². The molecule has 3 N–H and O–H groups in total. The molecule has 2 aromatic rings. The van der Waals surface area contributed by atoms with Gasteiger partial charge in [-0.1, -0.05) is 31.0 Å². The maximum atomic E-state index is 5.46. The third-order valence-corrected chi connectivity index (χ3v) is 3.88. The number of hydrogen-bond donors (Lipinski definition) is 2. The Morgan fingerprint density at radius 2 is 1.95 bits per heavy atom. The molecule has 0 saturated heterocycles. The standard InChI is InChI=1S/C15H20N4S/c1-3-4-12-9-14(19-16)18-15(17-12)10-20-13-7-5-11(2)6-8-13/h5-9H,3-4,10,16H2,1-2H3,(H,17,18,19). The maximum Gasteiger partial charge on any atom is 0.143 e. The van der Waals surface area contributed by atoms with Gasteiger partial charge in [-0.3, -0.25) is 0 Å². The number of aryl methyl sites for hydroxylation is 2. The summed E-state index contributed by atoms with van der Waals surface area (Å²) in [6.45, 7) is 4.23. The summed E-state index contributed by atoms with van der Waals surface area (Å²) < 4.78 is 0. The van der Waals surface area contributed by atoms with Gasteiger partial charge in [-0.25, -0.2) is 15.8 Å². The number of nitrogens with two attached hydrogens (primary N) is 1. The van der Waals surface area contributed by atoms with E-state index >= 15 is 0 Å². The molecule has 0 spiro atoms. The molecular formula is C15H20N4S. The zero-order valence-corrected chi connectivity index (χ0v) is 12.7. The SMILES string of the molecule is CCCc1cc(NN)nc(CSc2ccc(C)cc2)n1. The van der Waals surface area contributed by atoms with Crippen LogP contribution >= 0.6 is 11.8 Å². The van der Waals surface area contributed by atoms with E-state index in [1.165, 1.54) is 10.5 Å². The summed E-state index contributed by atoms with van der Waals surface area (Å²) in [5.41, 5.74) is 4.92. The molecule has 0 saturated carbocycles. The fraction of sp³-hybridized carbons (Fsp3) is 0.333.